The Labute approximate surface area is 237 Å². The average Bonchev–Trinajstić information content (AvgIpc) is 3.35. The zero-order valence-electron chi connectivity index (χ0n) is 21.6. The molecule has 38 heavy (non-hydrogen) atoms. The van der Waals surface area contributed by atoms with E-state index in [4.69, 9.17) is 4.98 Å². The van der Waals surface area contributed by atoms with E-state index in [1.54, 1.807) is 6.20 Å². The smallest absolute Gasteiger partial charge is 0.0960 e. The minimum atomic E-state index is -0.0310. The van der Waals surface area contributed by atoms with Crippen LogP contribution in [0, 0.1) is 12.1 Å². The van der Waals surface area contributed by atoms with Gasteiger partial charge >= 0.3 is 0 Å². The molecule has 0 fully saturated rings. The van der Waals surface area contributed by atoms with Gasteiger partial charge in [-0.15, -0.1) is 71.8 Å². The zero-order chi connectivity index (χ0) is 25.7. The topological polar surface area (TPSA) is 43.6 Å². The van der Waals surface area contributed by atoms with Crippen LogP contribution in [0.25, 0.3) is 39.4 Å². The average molecular weight is 673 g/mol. The van der Waals surface area contributed by atoms with Gasteiger partial charge in [0.05, 0.1) is 23.1 Å². The normalized spacial score (nSPS) is 10.8. The molecule has 0 saturated heterocycles. The standard InChI is InChI=1S/C22H20N3.C11H8N.Ir/c1-22(2,3)18-14-23-15-19-20(18)25(17-12-8-5-9-13-17)21(24-19)16-10-6-4-7-11-16;1-2-6-10(7-3-1)11-8-4-5-9-12-11;/h4-10,12-15H,1-3H3;1-6,8-9H;/q2*-1;. The fourth-order valence-corrected chi connectivity index (χ4v) is 4.19. The number of imidazole rings is 1. The van der Waals surface area contributed by atoms with Crippen molar-refractivity contribution >= 4 is 11.0 Å². The summed E-state index contributed by atoms with van der Waals surface area (Å²) in [5, 5.41) is 0. The summed E-state index contributed by atoms with van der Waals surface area (Å²) in [4.78, 5) is 13.6. The molecule has 3 aromatic carbocycles. The third-order valence-corrected chi connectivity index (χ3v) is 5.98. The predicted molar refractivity (Wildman–Crippen MR) is 150 cm³/mol. The quantitative estimate of drug-likeness (QED) is 0.181. The minimum Gasteiger partial charge on any atom is -0.333 e. The van der Waals surface area contributed by atoms with Gasteiger partial charge in [-0.3, -0.25) is 9.97 Å². The van der Waals surface area contributed by atoms with Crippen LogP contribution in [0.3, 0.4) is 0 Å². The molecule has 0 atom stereocenters. The van der Waals surface area contributed by atoms with Gasteiger partial charge in [-0.1, -0.05) is 51.1 Å². The second-order valence-corrected chi connectivity index (χ2v) is 9.68. The van der Waals surface area contributed by atoms with Crippen LogP contribution in [0.5, 0.6) is 0 Å². The molecule has 0 aliphatic heterocycles. The monoisotopic (exact) mass is 673 g/mol. The molecule has 0 bridgehead atoms. The fraction of sp³-hybridized carbons (Fsp3) is 0.121. The van der Waals surface area contributed by atoms with Crippen LogP contribution < -0.4 is 0 Å². The number of rotatable bonds is 3. The molecule has 5 heteroatoms. The van der Waals surface area contributed by atoms with Crippen LogP contribution >= 0.6 is 0 Å². The summed E-state index contributed by atoms with van der Waals surface area (Å²) in [6.45, 7) is 6.63. The van der Waals surface area contributed by atoms with Crippen LogP contribution in [0.1, 0.15) is 26.3 Å². The van der Waals surface area contributed by atoms with Crippen LogP contribution in [-0.4, -0.2) is 19.5 Å². The van der Waals surface area contributed by atoms with E-state index in [9.17, 15) is 0 Å². The number of aromatic nitrogens is 4. The van der Waals surface area contributed by atoms with E-state index in [1.165, 1.54) is 5.56 Å². The summed E-state index contributed by atoms with van der Waals surface area (Å²) >= 11 is 0. The van der Waals surface area contributed by atoms with Crippen LogP contribution in [0.15, 0.2) is 116 Å². The fourth-order valence-electron chi connectivity index (χ4n) is 4.19. The molecule has 0 saturated carbocycles. The summed E-state index contributed by atoms with van der Waals surface area (Å²) in [6.07, 6.45) is 5.59. The van der Waals surface area contributed by atoms with E-state index in [2.05, 4.69) is 71.7 Å². The molecule has 6 rings (SSSR count). The molecule has 3 heterocycles. The Hall–Kier alpha value is -3.92. The third-order valence-electron chi connectivity index (χ3n) is 5.98. The first-order valence-corrected chi connectivity index (χ1v) is 12.3. The Kier molecular flexibility index (Phi) is 8.62. The maximum Gasteiger partial charge on any atom is 0.0960 e. The maximum atomic E-state index is 4.90. The van der Waals surface area contributed by atoms with Gasteiger partial charge in [-0.25, -0.2) is 0 Å². The largest absolute Gasteiger partial charge is 0.333 e. The van der Waals surface area contributed by atoms with Gasteiger partial charge in [0.25, 0.3) is 0 Å². The number of hydrogen-bond donors (Lipinski definition) is 0. The molecule has 6 aromatic rings. The first-order chi connectivity index (χ1) is 18.0. The van der Waals surface area contributed by atoms with Gasteiger partial charge in [0.1, 0.15) is 0 Å². The summed E-state index contributed by atoms with van der Waals surface area (Å²) in [5.74, 6) is 0.889. The first kappa shape index (κ1) is 27.1. The van der Waals surface area contributed by atoms with Crippen molar-refractivity contribution < 1.29 is 20.1 Å². The van der Waals surface area contributed by atoms with Crippen molar-refractivity contribution in [3.05, 3.63) is 133 Å². The number of nitrogens with zero attached hydrogens (tertiary/aromatic N) is 4. The number of benzene rings is 3. The molecule has 0 aliphatic rings. The number of para-hydroxylation sites is 1. The van der Waals surface area contributed by atoms with Crippen molar-refractivity contribution in [2.24, 2.45) is 0 Å². The van der Waals surface area contributed by atoms with E-state index >= 15 is 0 Å². The van der Waals surface area contributed by atoms with Crippen molar-refractivity contribution in [2.75, 3.05) is 0 Å². The summed E-state index contributed by atoms with van der Waals surface area (Å²) in [7, 11) is 0. The summed E-state index contributed by atoms with van der Waals surface area (Å²) in [5.41, 5.74) is 7.25. The van der Waals surface area contributed by atoms with Gasteiger partial charge in [-0.2, -0.15) is 0 Å². The number of fused-ring (bicyclic) bond motifs is 1. The summed E-state index contributed by atoms with van der Waals surface area (Å²) in [6, 6.07) is 38.4. The van der Waals surface area contributed by atoms with Gasteiger partial charge in [0.2, 0.25) is 0 Å². The molecule has 1 radical (unpaired) electrons. The van der Waals surface area contributed by atoms with E-state index in [1.807, 2.05) is 85.2 Å². The number of hydrogen-bond acceptors (Lipinski definition) is 3. The maximum absolute atomic E-state index is 4.90. The van der Waals surface area contributed by atoms with E-state index < -0.39 is 0 Å². The summed E-state index contributed by atoms with van der Waals surface area (Å²) < 4.78 is 2.23. The first-order valence-electron chi connectivity index (χ1n) is 12.3. The molecular formula is C33H28IrN4-2. The molecule has 0 aliphatic carbocycles. The van der Waals surface area contributed by atoms with E-state index in [0.29, 0.717) is 0 Å². The zero-order valence-corrected chi connectivity index (χ0v) is 24.0. The van der Waals surface area contributed by atoms with Crippen molar-refractivity contribution in [1.29, 1.82) is 0 Å². The van der Waals surface area contributed by atoms with Crippen molar-refractivity contribution in [1.82, 2.24) is 19.5 Å². The Morgan fingerprint density at radius 1 is 0.711 bits per heavy atom. The molecule has 3 aromatic heterocycles. The Morgan fingerprint density at radius 3 is 1.97 bits per heavy atom. The molecule has 4 nitrogen and oxygen atoms in total. The third kappa shape index (κ3) is 5.96. The predicted octanol–water partition coefficient (Wildman–Crippen LogP) is 7.73. The molecule has 0 N–H and O–H groups in total. The van der Waals surface area contributed by atoms with Crippen LogP contribution in [0.4, 0.5) is 0 Å². The molecule has 0 unspecified atom stereocenters. The van der Waals surface area contributed by atoms with E-state index in [-0.39, 0.29) is 25.5 Å². The van der Waals surface area contributed by atoms with Gasteiger partial charge in [0.15, 0.2) is 0 Å². The van der Waals surface area contributed by atoms with Gasteiger partial charge < -0.3 is 9.55 Å². The minimum absolute atomic E-state index is 0. The van der Waals surface area contributed by atoms with Crippen molar-refractivity contribution in [2.45, 2.75) is 26.2 Å². The Morgan fingerprint density at radius 2 is 1.37 bits per heavy atom. The number of pyridine rings is 2. The van der Waals surface area contributed by atoms with Crippen molar-refractivity contribution in [3.63, 3.8) is 0 Å². The molecule has 0 spiro atoms. The second kappa shape index (κ2) is 12.1. The Balaban J connectivity index is 0.000000218. The van der Waals surface area contributed by atoms with Crippen LogP contribution in [-0.2, 0) is 25.5 Å². The van der Waals surface area contributed by atoms with Gasteiger partial charge in [-0.05, 0) is 29.3 Å². The molecule has 0 amide bonds. The Bertz CT molecular complexity index is 1540. The SMILES string of the molecule is CC(C)(C)c1cncc2nc(-c3[c-]cccc3)n(-c3ccccc3)c12.[Ir].[c-]1ccccc1-c1ccccn1. The second-order valence-electron chi connectivity index (χ2n) is 9.68. The van der Waals surface area contributed by atoms with Crippen molar-refractivity contribution in [3.8, 4) is 28.3 Å². The van der Waals surface area contributed by atoms with E-state index in [0.717, 1.165) is 39.4 Å². The van der Waals surface area contributed by atoms with Gasteiger partial charge in [0, 0.05) is 43.7 Å². The molecule has 191 valence electrons. The van der Waals surface area contributed by atoms with Crippen LogP contribution in [0.2, 0.25) is 0 Å². The molecular weight excluding hydrogens is 645 g/mol.